The first-order valence-corrected chi connectivity index (χ1v) is 6.51. The van der Waals surface area contributed by atoms with Gasteiger partial charge in [0.1, 0.15) is 11.9 Å². The number of urea groups is 1. The standard InChI is InChI=1S/C12H14BrFN2O4/c1-6-4-7(13)8(14)5-10(6)16-12(20)15-9(2-3-17)11(18)19/h4-5,9,17H,2-3H2,1H3,(H,18,19)(H2,15,16,20). The molecule has 8 heteroatoms. The highest BCUT2D eigenvalue weighted by Crippen LogP contribution is 2.23. The minimum absolute atomic E-state index is 0.115. The van der Waals surface area contributed by atoms with E-state index in [0.717, 1.165) is 6.07 Å². The first kappa shape index (κ1) is 16.4. The van der Waals surface area contributed by atoms with Gasteiger partial charge in [-0.1, -0.05) is 0 Å². The summed E-state index contributed by atoms with van der Waals surface area (Å²) in [6, 6.07) is 0.630. The molecule has 1 rings (SSSR count). The summed E-state index contributed by atoms with van der Waals surface area (Å²) in [6.07, 6.45) is -0.115. The Morgan fingerprint density at radius 3 is 2.65 bits per heavy atom. The van der Waals surface area contributed by atoms with Gasteiger partial charge in [0.2, 0.25) is 0 Å². The number of anilines is 1. The SMILES string of the molecule is Cc1cc(Br)c(F)cc1NC(=O)NC(CCO)C(=O)O. The van der Waals surface area contributed by atoms with Crippen molar-refractivity contribution in [2.24, 2.45) is 0 Å². The van der Waals surface area contributed by atoms with Crippen molar-refractivity contribution in [2.45, 2.75) is 19.4 Å². The Kier molecular flexibility index (Phi) is 5.90. The number of aliphatic hydroxyl groups is 1. The number of aryl methyl sites for hydroxylation is 1. The van der Waals surface area contributed by atoms with Gasteiger partial charge in [0.25, 0.3) is 0 Å². The van der Waals surface area contributed by atoms with Gasteiger partial charge in [-0.3, -0.25) is 0 Å². The number of halogens is 2. The monoisotopic (exact) mass is 348 g/mol. The van der Waals surface area contributed by atoms with E-state index in [0.29, 0.717) is 5.56 Å². The maximum Gasteiger partial charge on any atom is 0.326 e. The quantitative estimate of drug-likeness (QED) is 0.652. The van der Waals surface area contributed by atoms with Gasteiger partial charge >= 0.3 is 12.0 Å². The summed E-state index contributed by atoms with van der Waals surface area (Å²) in [4.78, 5) is 22.5. The zero-order valence-corrected chi connectivity index (χ0v) is 12.2. The lowest BCUT2D eigenvalue weighted by Gasteiger charge is -2.15. The number of rotatable bonds is 5. The predicted octanol–water partition coefficient (Wildman–Crippen LogP) is 1.85. The number of hydrogen-bond donors (Lipinski definition) is 4. The molecular weight excluding hydrogens is 335 g/mol. The van der Waals surface area contributed by atoms with Crippen molar-refractivity contribution in [3.05, 3.63) is 28.0 Å². The number of carboxylic acids is 1. The molecule has 20 heavy (non-hydrogen) atoms. The molecule has 0 radical (unpaired) electrons. The van der Waals surface area contributed by atoms with Gasteiger partial charge in [-0.05, 0) is 40.5 Å². The van der Waals surface area contributed by atoms with Crippen LogP contribution in [0.15, 0.2) is 16.6 Å². The first-order valence-electron chi connectivity index (χ1n) is 5.72. The Hall–Kier alpha value is -1.67. The second-order valence-corrected chi connectivity index (χ2v) is 4.94. The number of hydrogen-bond acceptors (Lipinski definition) is 3. The average molecular weight is 349 g/mol. The van der Waals surface area contributed by atoms with Gasteiger partial charge in [-0.25, -0.2) is 14.0 Å². The van der Waals surface area contributed by atoms with E-state index in [4.69, 9.17) is 10.2 Å². The van der Waals surface area contributed by atoms with E-state index in [1.807, 2.05) is 0 Å². The molecule has 0 saturated carbocycles. The van der Waals surface area contributed by atoms with Crippen LogP contribution < -0.4 is 10.6 Å². The van der Waals surface area contributed by atoms with Gasteiger partial charge in [0.05, 0.1) is 4.47 Å². The van der Waals surface area contributed by atoms with Gasteiger partial charge in [0, 0.05) is 18.7 Å². The third kappa shape index (κ3) is 4.46. The van der Waals surface area contributed by atoms with Crippen LogP contribution in [0.5, 0.6) is 0 Å². The van der Waals surface area contributed by atoms with Crippen molar-refractivity contribution in [3.8, 4) is 0 Å². The Balaban J connectivity index is 2.75. The highest BCUT2D eigenvalue weighted by Gasteiger charge is 2.19. The fraction of sp³-hybridized carbons (Fsp3) is 0.333. The molecule has 0 fully saturated rings. The Bertz CT molecular complexity index is 524. The van der Waals surface area contributed by atoms with Crippen LogP contribution >= 0.6 is 15.9 Å². The number of nitrogens with one attached hydrogen (secondary N) is 2. The van der Waals surface area contributed by atoms with Crippen LogP contribution in [0.3, 0.4) is 0 Å². The average Bonchev–Trinajstić information content (AvgIpc) is 2.35. The molecule has 6 nitrogen and oxygen atoms in total. The normalized spacial score (nSPS) is 11.8. The van der Waals surface area contributed by atoms with E-state index in [2.05, 4.69) is 26.6 Å². The third-order valence-corrected chi connectivity index (χ3v) is 3.14. The number of benzene rings is 1. The van der Waals surface area contributed by atoms with Crippen LogP contribution in [0.2, 0.25) is 0 Å². The van der Waals surface area contributed by atoms with Crippen molar-refractivity contribution in [2.75, 3.05) is 11.9 Å². The molecule has 0 aromatic heterocycles. The predicted molar refractivity (Wildman–Crippen MR) is 74.1 cm³/mol. The summed E-state index contributed by atoms with van der Waals surface area (Å²) in [7, 11) is 0. The number of aliphatic hydroxyl groups excluding tert-OH is 1. The zero-order valence-electron chi connectivity index (χ0n) is 10.6. The Morgan fingerprint density at radius 1 is 1.45 bits per heavy atom. The molecular formula is C12H14BrFN2O4. The molecule has 0 aliphatic heterocycles. The van der Waals surface area contributed by atoms with Gasteiger partial charge in [0.15, 0.2) is 0 Å². The lowest BCUT2D eigenvalue weighted by Crippen LogP contribution is -2.43. The Labute approximate surface area is 123 Å². The van der Waals surface area contributed by atoms with E-state index < -0.39 is 23.9 Å². The molecule has 0 bridgehead atoms. The van der Waals surface area contributed by atoms with Crippen molar-refractivity contribution in [1.82, 2.24) is 5.32 Å². The van der Waals surface area contributed by atoms with E-state index in [1.54, 1.807) is 6.92 Å². The number of carbonyl (C=O) groups excluding carboxylic acids is 1. The summed E-state index contributed by atoms with van der Waals surface area (Å²) in [5.74, 6) is -1.80. The number of carbonyl (C=O) groups is 2. The van der Waals surface area contributed by atoms with E-state index in [-0.39, 0.29) is 23.2 Å². The first-order chi connectivity index (χ1) is 9.35. The van der Waals surface area contributed by atoms with E-state index in [1.165, 1.54) is 6.07 Å². The fourth-order valence-electron chi connectivity index (χ4n) is 1.48. The van der Waals surface area contributed by atoms with Gasteiger partial charge in [-0.2, -0.15) is 0 Å². The smallest absolute Gasteiger partial charge is 0.326 e. The van der Waals surface area contributed by atoms with Crippen LogP contribution in [0.4, 0.5) is 14.9 Å². The number of carboxylic acid groups (broad SMARTS) is 1. The summed E-state index contributed by atoms with van der Waals surface area (Å²) >= 11 is 3.02. The zero-order chi connectivity index (χ0) is 15.3. The van der Waals surface area contributed by atoms with Crippen molar-refractivity contribution < 1.29 is 24.2 Å². The molecule has 2 amide bonds. The second-order valence-electron chi connectivity index (χ2n) is 4.08. The van der Waals surface area contributed by atoms with Crippen molar-refractivity contribution >= 4 is 33.6 Å². The summed E-state index contributed by atoms with van der Waals surface area (Å²) < 4.78 is 13.6. The number of amides is 2. The van der Waals surface area contributed by atoms with Crippen LogP contribution in [-0.4, -0.2) is 34.9 Å². The molecule has 0 heterocycles. The van der Waals surface area contributed by atoms with Crippen molar-refractivity contribution in [3.63, 3.8) is 0 Å². The fourth-order valence-corrected chi connectivity index (χ4v) is 1.94. The number of aliphatic carboxylic acids is 1. The van der Waals surface area contributed by atoms with Crippen molar-refractivity contribution in [1.29, 1.82) is 0 Å². The minimum atomic E-state index is -1.26. The molecule has 1 atom stereocenters. The summed E-state index contributed by atoms with van der Waals surface area (Å²) in [6.45, 7) is 1.30. The van der Waals surface area contributed by atoms with E-state index >= 15 is 0 Å². The van der Waals surface area contributed by atoms with Crippen LogP contribution in [0.1, 0.15) is 12.0 Å². The lowest BCUT2D eigenvalue weighted by atomic mass is 10.2. The molecule has 1 aromatic carbocycles. The van der Waals surface area contributed by atoms with Crippen LogP contribution in [0, 0.1) is 12.7 Å². The Morgan fingerprint density at radius 2 is 2.10 bits per heavy atom. The molecule has 0 spiro atoms. The van der Waals surface area contributed by atoms with Gasteiger partial charge < -0.3 is 20.8 Å². The highest BCUT2D eigenvalue weighted by molar-refractivity contribution is 9.10. The molecule has 4 N–H and O–H groups in total. The van der Waals surface area contributed by atoms with Crippen LogP contribution in [0.25, 0.3) is 0 Å². The summed E-state index contributed by atoms with van der Waals surface area (Å²) in [5.41, 5.74) is 0.846. The molecule has 1 aromatic rings. The maximum atomic E-state index is 13.4. The molecule has 110 valence electrons. The molecule has 0 saturated heterocycles. The molecule has 0 aliphatic rings. The van der Waals surface area contributed by atoms with Crippen LogP contribution in [-0.2, 0) is 4.79 Å². The second kappa shape index (κ2) is 7.20. The van der Waals surface area contributed by atoms with Gasteiger partial charge in [-0.15, -0.1) is 0 Å². The lowest BCUT2D eigenvalue weighted by molar-refractivity contribution is -0.139. The van der Waals surface area contributed by atoms with E-state index in [9.17, 15) is 14.0 Å². The minimum Gasteiger partial charge on any atom is -0.480 e. The third-order valence-electron chi connectivity index (χ3n) is 2.54. The summed E-state index contributed by atoms with van der Waals surface area (Å²) in [5, 5.41) is 22.1. The largest absolute Gasteiger partial charge is 0.480 e. The molecule has 0 aliphatic carbocycles. The molecule has 1 unspecified atom stereocenters. The topological polar surface area (TPSA) is 98.7 Å². The highest BCUT2D eigenvalue weighted by atomic mass is 79.9. The maximum absolute atomic E-state index is 13.4.